The minimum atomic E-state index is -3.96. The number of hydrogen-bond donors (Lipinski definition) is 2. The molecule has 3 atom stereocenters. The van der Waals surface area contributed by atoms with Crippen LogP contribution in [0.5, 0.6) is 0 Å². The number of aliphatic carboxylic acids is 1. The number of nitrogens with one attached hydrogen (secondary N) is 1. The third-order valence-electron chi connectivity index (χ3n) is 6.17. The molecule has 1 aliphatic heterocycles. The zero-order valence-corrected chi connectivity index (χ0v) is 21.1. The molecule has 2 N–H and O–H groups in total. The first-order chi connectivity index (χ1) is 16.0. The van der Waals surface area contributed by atoms with Crippen LogP contribution in [0.15, 0.2) is 54.6 Å². The highest BCUT2D eigenvalue weighted by Gasteiger charge is 2.64. The molecule has 2 aromatic rings. The van der Waals surface area contributed by atoms with Crippen molar-refractivity contribution in [3.8, 4) is 0 Å². The van der Waals surface area contributed by atoms with E-state index in [-0.39, 0.29) is 25.2 Å². The summed E-state index contributed by atoms with van der Waals surface area (Å²) in [5, 5.41) is 10.6. The zero-order chi connectivity index (χ0) is 24.7. The topological polar surface area (TPSA) is 104 Å². The number of halogens is 1. The number of nitrogens with zero attached hydrogens (tertiary/aromatic N) is 1. The highest BCUT2D eigenvalue weighted by Crippen LogP contribution is 2.54. The average Bonchev–Trinajstić information content (AvgIpc) is 3.26. The zero-order valence-electron chi connectivity index (χ0n) is 18.7. The molecule has 180 valence electrons. The Morgan fingerprint density at radius 1 is 1.18 bits per heavy atom. The first-order valence-corrected chi connectivity index (χ1v) is 13.5. The summed E-state index contributed by atoms with van der Waals surface area (Å²) in [4.78, 5) is 26.8. The number of benzene rings is 2. The second-order valence-electron chi connectivity index (χ2n) is 8.70. The van der Waals surface area contributed by atoms with Crippen molar-refractivity contribution in [1.29, 1.82) is 0 Å². The van der Waals surface area contributed by atoms with Crippen LogP contribution in [-0.4, -0.2) is 54.5 Å². The Morgan fingerprint density at radius 3 is 2.50 bits per heavy atom. The molecule has 3 unspecified atom stereocenters. The molecule has 0 saturated heterocycles. The summed E-state index contributed by atoms with van der Waals surface area (Å²) in [6.07, 6.45) is 2.36. The van der Waals surface area contributed by atoms with Crippen molar-refractivity contribution >= 4 is 50.2 Å². The van der Waals surface area contributed by atoms with Gasteiger partial charge in [-0.25, -0.2) is 8.42 Å². The lowest BCUT2D eigenvalue weighted by Crippen LogP contribution is -2.47. The van der Waals surface area contributed by atoms with E-state index in [4.69, 9.17) is 11.6 Å². The summed E-state index contributed by atoms with van der Waals surface area (Å²) in [6.45, 7) is 0. The highest BCUT2D eigenvalue weighted by atomic mass is 35.5. The number of hydrogen-bond acceptors (Lipinski definition) is 5. The summed E-state index contributed by atoms with van der Waals surface area (Å²) >= 11 is 7.13. The Balaban J connectivity index is 1.52. The van der Waals surface area contributed by atoms with Gasteiger partial charge in [0, 0.05) is 29.9 Å². The van der Waals surface area contributed by atoms with Crippen LogP contribution in [0.2, 0.25) is 5.02 Å². The van der Waals surface area contributed by atoms with Crippen LogP contribution in [0.3, 0.4) is 0 Å². The van der Waals surface area contributed by atoms with Gasteiger partial charge in [0.25, 0.3) is 0 Å². The van der Waals surface area contributed by atoms with Gasteiger partial charge >= 0.3 is 5.97 Å². The number of rotatable bonds is 8. The lowest BCUT2D eigenvalue weighted by atomic mass is 9.98. The number of allylic oxidation sites excluding steroid dienone is 1. The maximum Gasteiger partial charge on any atom is 0.325 e. The normalized spacial score (nSPS) is 23.9. The molecule has 0 radical (unpaired) electrons. The van der Waals surface area contributed by atoms with Crippen LogP contribution in [0, 0.1) is 0 Å². The maximum absolute atomic E-state index is 13.2. The molecule has 0 spiro atoms. The smallest absolute Gasteiger partial charge is 0.325 e. The highest BCUT2D eigenvalue weighted by molar-refractivity contribution is 8.18. The molecule has 0 aromatic heterocycles. The van der Waals surface area contributed by atoms with Crippen LogP contribution in [-0.2, 0) is 26.0 Å². The standard InChI is InChI=1S/C24H25ClN2O5S2/c1-27(2)21(28)13-16-5-3-4-6-18(16)19-14-24(19,23(29)30)26-34(31,32)22-12-11-20(33-22)15-7-9-17(25)10-8-15/h3-11,19,22,26H,12-14H2,1-2H3,(H,29,30). The Hall–Kier alpha value is -2.33. The van der Waals surface area contributed by atoms with Crippen molar-refractivity contribution in [3.63, 3.8) is 0 Å². The molecule has 10 heteroatoms. The molecule has 1 fully saturated rings. The predicted molar refractivity (Wildman–Crippen MR) is 134 cm³/mol. The van der Waals surface area contributed by atoms with Crippen molar-refractivity contribution in [2.45, 2.75) is 35.3 Å². The van der Waals surface area contributed by atoms with Gasteiger partial charge in [0.05, 0.1) is 6.42 Å². The van der Waals surface area contributed by atoms with Gasteiger partial charge in [-0.2, -0.15) is 4.72 Å². The van der Waals surface area contributed by atoms with Gasteiger partial charge in [0.15, 0.2) is 0 Å². The summed E-state index contributed by atoms with van der Waals surface area (Å²) in [5.41, 5.74) is 0.626. The fourth-order valence-corrected chi connectivity index (χ4v) is 7.47. The van der Waals surface area contributed by atoms with Crippen LogP contribution in [0.4, 0.5) is 0 Å². The summed E-state index contributed by atoms with van der Waals surface area (Å²) in [6, 6.07) is 14.2. The van der Waals surface area contributed by atoms with E-state index in [1.165, 1.54) is 16.7 Å². The van der Waals surface area contributed by atoms with Gasteiger partial charge < -0.3 is 10.0 Å². The lowest BCUT2D eigenvalue weighted by Gasteiger charge is -2.20. The molecule has 4 rings (SSSR count). The average molecular weight is 521 g/mol. The third kappa shape index (κ3) is 4.88. The Morgan fingerprint density at radius 2 is 1.85 bits per heavy atom. The van der Waals surface area contributed by atoms with Gasteiger partial charge in [-0.05, 0) is 41.7 Å². The summed E-state index contributed by atoms with van der Waals surface area (Å²) in [7, 11) is -0.649. The van der Waals surface area contributed by atoms with Crippen molar-refractivity contribution in [2.75, 3.05) is 14.1 Å². The molecule has 1 amide bonds. The molecule has 7 nitrogen and oxygen atoms in total. The predicted octanol–water partition coefficient (Wildman–Crippen LogP) is 3.70. The van der Waals surface area contributed by atoms with Gasteiger partial charge in [0.1, 0.15) is 10.1 Å². The molecular weight excluding hydrogens is 496 g/mol. The SMILES string of the molecule is CN(C)C(=O)Cc1ccccc1C1CC1(NS(=O)(=O)C1CC=C(c2ccc(Cl)cc2)S1)C(=O)O. The Bertz CT molecular complexity index is 1260. The van der Waals surface area contributed by atoms with E-state index in [9.17, 15) is 23.1 Å². The fourth-order valence-electron chi connectivity index (χ4n) is 4.14. The fraction of sp³-hybridized carbons (Fsp3) is 0.333. The molecule has 34 heavy (non-hydrogen) atoms. The van der Waals surface area contributed by atoms with Gasteiger partial charge in [-0.3, -0.25) is 9.59 Å². The van der Waals surface area contributed by atoms with Gasteiger partial charge in [0.2, 0.25) is 15.9 Å². The van der Waals surface area contributed by atoms with E-state index in [0.717, 1.165) is 10.5 Å². The van der Waals surface area contributed by atoms with Crippen LogP contribution in [0.25, 0.3) is 4.91 Å². The first-order valence-electron chi connectivity index (χ1n) is 10.7. The molecule has 2 aliphatic rings. The van der Waals surface area contributed by atoms with Crippen LogP contribution >= 0.6 is 23.4 Å². The van der Waals surface area contributed by atoms with Crippen LogP contribution in [0.1, 0.15) is 35.4 Å². The first kappa shape index (κ1) is 24.8. The summed E-state index contributed by atoms with van der Waals surface area (Å²) < 4.78 is 28.2. The van der Waals surface area contributed by atoms with E-state index in [1.807, 2.05) is 18.2 Å². The van der Waals surface area contributed by atoms with Crippen molar-refractivity contribution < 1.29 is 23.1 Å². The minimum Gasteiger partial charge on any atom is -0.480 e. The quantitative estimate of drug-likeness (QED) is 0.550. The van der Waals surface area contributed by atoms with Crippen molar-refractivity contribution in [3.05, 3.63) is 76.3 Å². The number of carbonyl (C=O) groups excluding carboxylic acids is 1. The Labute approximate surface area is 208 Å². The molecule has 1 heterocycles. The molecule has 1 saturated carbocycles. The number of sulfonamides is 1. The lowest BCUT2D eigenvalue weighted by molar-refractivity contribution is -0.140. The number of carbonyl (C=O) groups is 2. The van der Waals surface area contributed by atoms with E-state index in [1.54, 1.807) is 50.5 Å². The van der Waals surface area contributed by atoms with Gasteiger partial charge in [-0.1, -0.05) is 54.1 Å². The monoisotopic (exact) mass is 520 g/mol. The van der Waals surface area contributed by atoms with E-state index >= 15 is 0 Å². The van der Waals surface area contributed by atoms with E-state index < -0.39 is 32.0 Å². The maximum atomic E-state index is 13.2. The second-order valence-corrected chi connectivity index (χ2v) is 12.5. The van der Waals surface area contributed by atoms with Crippen LogP contribution < -0.4 is 4.72 Å². The van der Waals surface area contributed by atoms with Gasteiger partial charge in [-0.15, -0.1) is 11.8 Å². The number of carboxylic acid groups (broad SMARTS) is 1. The number of amides is 1. The Kier molecular flexibility index (Phi) is 6.83. The summed E-state index contributed by atoms with van der Waals surface area (Å²) in [5.74, 6) is -1.89. The molecular formula is C24H25ClN2O5S2. The van der Waals surface area contributed by atoms with Crippen molar-refractivity contribution in [2.24, 2.45) is 0 Å². The van der Waals surface area contributed by atoms with E-state index in [0.29, 0.717) is 16.1 Å². The second kappa shape index (κ2) is 9.37. The number of thioether (sulfide) groups is 1. The van der Waals surface area contributed by atoms with E-state index in [2.05, 4.69) is 4.72 Å². The molecule has 0 bridgehead atoms. The molecule has 2 aromatic carbocycles. The number of carboxylic acids is 1. The third-order valence-corrected chi connectivity index (χ3v) is 10.1. The number of likely N-dealkylation sites (N-methyl/N-ethyl adjacent to an activating group) is 1. The largest absolute Gasteiger partial charge is 0.480 e. The van der Waals surface area contributed by atoms with Crippen molar-refractivity contribution in [1.82, 2.24) is 9.62 Å². The molecule has 1 aliphatic carbocycles. The minimum absolute atomic E-state index is 0.113.